The molecule has 0 amide bonds. The molecule has 0 spiro atoms. The molecule has 0 bridgehead atoms. The molecule has 154 valence electrons. The Balaban J connectivity index is 1.71. The van der Waals surface area contributed by atoms with Crippen molar-refractivity contribution >= 4 is 6.29 Å². The first-order valence-electron chi connectivity index (χ1n) is 10.9. The second-order valence-corrected chi connectivity index (χ2v) is 8.52. The third-order valence-electron chi connectivity index (χ3n) is 6.67. The van der Waals surface area contributed by atoms with Crippen LogP contribution >= 0.6 is 0 Å². The lowest BCUT2D eigenvalue weighted by Crippen LogP contribution is -2.36. The number of carbonyl (C=O) groups is 1. The fraction of sp³-hybridized carbons (Fsp3) is 0.214. The fourth-order valence-corrected chi connectivity index (χ4v) is 4.93. The number of rotatable bonds is 7. The lowest BCUT2D eigenvalue weighted by atomic mass is 9.77. The van der Waals surface area contributed by atoms with E-state index in [1.807, 2.05) is 13.3 Å². The largest absolute Gasteiger partial charge is 0.319 e. The maximum atomic E-state index is 11.3. The van der Waals surface area contributed by atoms with Crippen LogP contribution in [-0.4, -0.2) is 15.8 Å². The van der Waals surface area contributed by atoms with E-state index in [0.717, 1.165) is 18.4 Å². The van der Waals surface area contributed by atoms with Crippen molar-refractivity contribution in [3.05, 3.63) is 126 Å². The number of aromatic nitrogens is 2. The molecule has 0 N–H and O–H groups in total. The Hall–Kier alpha value is -3.46. The van der Waals surface area contributed by atoms with Crippen molar-refractivity contribution in [2.24, 2.45) is 11.8 Å². The van der Waals surface area contributed by atoms with E-state index >= 15 is 0 Å². The summed E-state index contributed by atoms with van der Waals surface area (Å²) in [6, 6.07) is 31.9. The zero-order chi connectivity index (χ0) is 21.3. The number of carbonyl (C=O) groups excluding carboxylic acids is 1. The number of nitrogens with zero attached hydrogens (tertiary/aromatic N) is 2. The Labute approximate surface area is 183 Å². The highest BCUT2D eigenvalue weighted by molar-refractivity contribution is 5.55. The van der Waals surface area contributed by atoms with Gasteiger partial charge in [0.15, 0.2) is 0 Å². The van der Waals surface area contributed by atoms with Crippen molar-refractivity contribution in [1.29, 1.82) is 0 Å². The Kier molecular flexibility index (Phi) is 5.03. The molecule has 0 saturated heterocycles. The molecule has 1 aliphatic rings. The van der Waals surface area contributed by atoms with Gasteiger partial charge in [-0.1, -0.05) is 97.9 Å². The Morgan fingerprint density at radius 1 is 0.871 bits per heavy atom. The van der Waals surface area contributed by atoms with Crippen LogP contribution in [0.2, 0.25) is 0 Å². The zero-order valence-corrected chi connectivity index (χ0v) is 17.6. The van der Waals surface area contributed by atoms with Gasteiger partial charge in [0.2, 0.25) is 0 Å². The molecule has 3 nitrogen and oxygen atoms in total. The van der Waals surface area contributed by atoms with Crippen molar-refractivity contribution in [2.45, 2.75) is 24.8 Å². The molecule has 0 radical (unpaired) electrons. The van der Waals surface area contributed by atoms with Gasteiger partial charge >= 0.3 is 0 Å². The summed E-state index contributed by atoms with van der Waals surface area (Å²) in [4.78, 5) is 16.1. The molecule has 1 heterocycles. The molecule has 1 aromatic heterocycles. The molecule has 1 aliphatic carbocycles. The number of hydrogen-bond acceptors (Lipinski definition) is 2. The predicted molar refractivity (Wildman–Crippen MR) is 123 cm³/mol. The van der Waals surface area contributed by atoms with Crippen LogP contribution in [-0.2, 0) is 10.3 Å². The summed E-state index contributed by atoms with van der Waals surface area (Å²) in [6.07, 6.45) is 6.26. The van der Waals surface area contributed by atoms with E-state index in [-0.39, 0.29) is 5.92 Å². The minimum Gasteiger partial charge on any atom is -0.319 e. The standard InChI is InChI=1S/C28H26N2O/c1-21(19-31)25-17-26(25)27-18-30(20-29-27)28(22-11-5-2-6-12-22,23-13-7-3-8-14-23)24-15-9-4-10-16-24/h2-16,18-21,25-26H,17H2,1H3. The van der Waals surface area contributed by atoms with E-state index in [1.165, 1.54) is 16.7 Å². The highest BCUT2D eigenvalue weighted by Gasteiger charge is 2.45. The lowest BCUT2D eigenvalue weighted by molar-refractivity contribution is -0.111. The first-order valence-corrected chi connectivity index (χ1v) is 10.9. The van der Waals surface area contributed by atoms with Gasteiger partial charge in [-0.2, -0.15) is 0 Å². The Morgan fingerprint density at radius 3 is 1.81 bits per heavy atom. The second kappa shape index (κ2) is 7.99. The van der Waals surface area contributed by atoms with Crippen LogP contribution in [0.1, 0.15) is 41.6 Å². The molecule has 5 rings (SSSR count). The van der Waals surface area contributed by atoms with Gasteiger partial charge in [-0.05, 0) is 29.0 Å². The minimum atomic E-state index is -0.532. The monoisotopic (exact) mass is 406 g/mol. The zero-order valence-electron chi connectivity index (χ0n) is 17.6. The predicted octanol–water partition coefficient (Wildman–Crippen LogP) is 5.66. The first-order chi connectivity index (χ1) is 15.2. The highest BCUT2D eigenvalue weighted by Crippen LogP contribution is 2.51. The van der Waals surface area contributed by atoms with E-state index in [9.17, 15) is 4.79 Å². The van der Waals surface area contributed by atoms with Crippen molar-refractivity contribution in [1.82, 2.24) is 9.55 Å². The van der Waals surface area contributed by atoms with Gasteiger partial charge in [0.05, 0.1) is 12.0 Å². The van der Waals surface area contributed by atoms with Crippen LogP contribution in [0, 0.1) is 11.8 Å². The SMILES string of the molecule is CC(C=O)C1CC1c1cn(C(c2ccccc2)(c2ccccc2)c2ccccc2)cn1. The van der Waals surface area contributed by atoms with Crippen LogP contribution in [0.25, 0.3) is 0 Å². The van der Waals surface area contributed by atoms with Crippen molar-refractivity contribution in [2.75, 3.05) is 0 Å². The smallest absolute Gasteiger partial charge is 0.123 e. The summed E-state index contributed by atoms with van der Waals surface area (Å²) in [5.41, 5.74) is 4.10. The first kappa shape index (κ1) is 19.5. The van der Waals surface area contributed by atoms with Crippen LogP contribution in [0.5, 0.6) is 0 Å². The average molecular weight is 407 g/mol. The number of aldehydes is 1. The van der Waals surface area contributed by atoms with Crippen LogP contribution in [0.3, 0.4) is 0 Å². The molecule has 1 fully saturated rings. The quantitative estimate of drug-likeness (QED) is 0.293. The summed E-state index contributed by atoms with van der Waals surface area (Å²) in [5.74, 6) is 0.846. The minimum absolute atomic E-state index is 0.0808. The lowest BCUT2D eigenvalue weighted by Gasteiger charge is -2.37. The summed E-state index contributed by atoms with van der Waals surface area (Å²) < 4.78 is 2.25. The summed E-state index contributed by atoms with van der Waals surface area (Å²) >= 11 is 0. The molecule has 31 heavy (non-hydrogen) atoms. The van der Waals surface area contributed by atoms with E-state index in [1.54, 1.807) is 0 Å². The van der Waals surface area contributed by atoms with Crippen LogP contribution < -0.4 is 0 Å². The number of hydrogen-bond donors (Lipinski definition) is 0. The molecule has 3 unspecified atom stereocenters. The molecule has 0 aliphatic heterocycles. The van der Waals surface area contributed by atoms with E-state index in [2.05, 4.69) is 102 Å². The van der Waals surface area contributed by atoms with Gasteiger partial charge in [0, 0.05) is 18.0 Å². The van der Waals surface area contributed by atoms with E-state index < -0.39 is 5.54 Å². The van der Waals surface area contributed by atoms with Crippen LogP contribution in [0.15, 0.2) is 104 Å². The number of benzene rings is 3. The summed E-state index contributed by atoms with van der Waals surface area (Å²) in [6.45, 7) is 2.01. The van der Waals surface area contributed by atoms with Crippen molar-refractivity contribution in [3.63, 3.8) is 0 Å². The van der Waals surface area contributed by atoms with Gasteiger partial charge in [-0.15, -0.1) is 0 Å². The maximum absolute atomic E-state index is 11.3. The summed E-state index contributed by atoms with van der Waals surface area (Å²) in [5, 5.41) is 0. The highest BCUT2D eigenvalue weighted by atomic mass is 16.1. The molecule has 3 atom stereocenters. The Bertz CT molecular complexity index is 1050. The summed E-state index contributed by atoms with van der Waals surface area (Å²) in [7, 11) is 0. The molecule has 4 aromatic rings. The van der Waals surface area contributed by atoms with E-state index in [4.69, 9.17) is 4.98 Å². The second-order valence-electron chi connectivity index (χ2n) is 8.52. The fourth-order valence-electron chi connectivity index (χ4n) is 4.93. The topological polar surface area (TPSA) is 34.9 Å². The van der Waals surface area contributed by atoms with Gasteiger partial charge in [0.1, 0.15) is 11.8 Å². The maximum Gasteiger partial charge on any atom is 0.123 e. The van der Waals surface area contributed by atoms with Gasteiger partial charge in [-0.25, -0.2) is 4.98 Å². The van der Waals surface area contributed by atoms with Gasteiger partial charge < -0.3 is 9.36 Å². The average Bonchev–Trinajstić information content (AvgIpc) is 3.50. The molecular formula is C28H26N2O. The van der Waals surface area contributed by atoms with Crippen LogP contribution in [0.4, 0.5) is 0 Å². The normalized spacial score (nSPS) is 19.0. The van der Waals surface area contributed by atoms with Crippen molar-refractivity contribution in [3.8, 4) is 0 Å². The third kappa shape index (κ3) is 3.31. The Morgan fingerprint density at radius 2 is 1.35 bits per heavy atom. The van der Waals surface area contributed by atoms with Gasteiger partial charge in [-0.3, -0.25) is 0 Å². The third-order valence-corrected chi connectivity index (χ3v) is 6.67. The molecule has 3 aromatic carbocycles. The van der Waals surface area contributed by atoms with Crippen molar-refractivity contribution < 1.29 is 4.79 Å². The number of imidazole rings is 1. The molecular weight excluding hydrogens is 380 g/mol. The van der Waals surface area contributed by atoms with E-state index in [0.29, 0.717) is 11.8 Å². The molecule has 3 heteroatoms. The van der Waals surface area contributed by atoms with Gasteiger partial charge in [0.25, 0.3) is 0 Å². The molecule has 1 saturated carbocycles.